The summed E-state index contributed by atoms with van der Waals surface area (Å²) < 4.78 is 4.89. The summed E-state index contributed by atoms with van der Waals surface area (Å²) in [5.41, 5.74) is 1.66. The summed E-state index contributed by atoms with van der Waals surface area (Å²) in [4.78, 5) is 20.0. The third-order valence-electron chi connectivity index (χ3n) is 3.28. The van der Waals surface area contributed by atoms with Crippen LogP contribution in [-0.4, -0.2) is 42.7 Å². The molecule has 0 unspecified atom stereocenters. The number of methoxy groups -OCH3 is 1. The number of hydrogen-bond donors (Lipinski definition) is 2. The highest BCUT2D eigenvalue weighted by molar-refractivity contribution is 5.92. The van der Waals surface area contributed by atoms with Crippen LogP contribution in [0.3, 0.4) is 0 Å². The molecule has 0 fully saturated rings. The second kappa shape index (κ2) is 9.53. The van der Waals surface area contributed by atoms with E-state index in [0.29, 0.717) is 24.7 Å². The Morgan fingerprint density at radius 2 is 2.00 bits per heavy atom. The van der Waals surface area contributed by atoms with Crippen LogP contribution in [0, 0.1) is 0 Å². The van der Waals surface area contributed by atoms with Crippen molar-refractivity contribution in [2.75, 3.05) is 32.1 Å². The lowest BCUT2D eigenvalue weighted by Gasteiger charge is -2.07. The second-order valence-corrected chi connectivity index (χ2v) is 5.05. The Kier molecular flexibility index (Phi) is 7.00. The highest BCUT2D eigenvalue weighted by Gasteiger charge is 2.07. The summed E-state index contributed by atoms with van der Waals surface area (Å²) in [5.74, 6) is 0.432. The lowest BCUT2D eigenvalue weighted by molar-refractivity contribution is 0.0932. The van der Waals surface area contributed by atoms with Crippen molar-refractivity contribution in [1.82, 2.24) is 15.3 Å². The molecule has 122 valence electrons. The van der Waals surface area contributed by atoms with Crippen molar-refractivity contribution in [3.05, 3.63) is 54.0 Å². The number of rotatable bonds is 9. The average molecular weight is 314 g/mol. The van der Waals surface area contributed by atoms with E-state index >= 15 is 0 Å². The van der Waals surface area contributed by atoms with Gasteiger partial charge in [-0.25, -0.2) is 9.97 Å². The maximum absolute atomic E-state index is 11.9. The van der Waals surface area contributed by atoms with E-state index in [2.05, 4.69) is 32.7 Å². The second-order valence-electron chi connectivity index (χ2n) is 5.05. The Bertz CT molecular complexity index is 605. The van der Waals surface area contributed by atoms with Gasteiger partial charge in [-0.05, 0) is 18.4 Å². The zero-order valence-electron chi connectivity index (χ0n) is 13.3. The monoisotopic (exact) mass is 314 g/mol. The summed E-state index contributed by atoms with van der Waals surface area (Å²) >= 11 is 0. The van der Waals surface area contributed by atoms with Crippen LogP contribution in [0.2, 0.25) is 0 Å². The van der Waals surface area contributed by atoms with E-state index in [0.717, 1.165) is 19.4 Å². The molecule has 2 aromatic rings. The standard InChI is InChI=1S/C17H22N4O2/c1-23-11-10-19-17(22)15-12-16(21-13-20-15)18-9-5-8-14-6-3-2-4-7-14/h2-4,6-7,12-13H,5,8-11H2,1H3,(H,19,22)(H,18,20,21). The highest BCUT2D eigenvalue weighted by atomic mass is 16.5. The first-order valence-electron chi connectivity index (χ1n) is 7.66. The molecule has 1 amide bonds. The molecule has 0 atom stereocenters. The van der Waals surface area contributed by atoms with E-state index in [1.165, 1.54) is 11.9 Å². The van der Waals surface area contributed by atoms with Gasteiger partial charge in [0.1, 0.15) is 17.8 Å². The van der Waals surface area contributed by atoms with E-state index in [4.69, 9.17) is 4.74 Å². The largest absolute Gasteiger partial charge is 0.383 e. The van der Waals surface area contributed by atoms with Crippen LogP contribution in [0.15, 0.2) is 42.7 Å². The van der Waals surface area contributed by atoms with Gasteiger partial charge >= 0.3 is 0 Å². The molecule has 1 aromatic heterocycles. The fourth-order valence-corrected chi connectivity index (χ4v) is 2.09. The van der Waals surface area contributed by atoms with Gasteiger partial charge in [0.05, 0.1) is 6.61 Å². The van der Waals surface area contributed by atoms with Crippen LogP contribution < -0.4 is 10.6 Å². The topological polar surface area (TPSA) is 76.1 Å². The quantitative estimate of drug-likeness (QED) is 0.691. The molecule has 2 N–H and O–H groups in total. The van der Waals surface area contributed by atoms with Crippen LogP contribution in [-0.2, 0) is 11.2 Å². The number of anilines is 1. The molecule has 2 rings (SSSR count). The molecule has 0 saturated heterocycles. The molecule has 0 aliphatic rings. The van der Waals surface area contributed by atoms with E-state index in [-0.39, 0.29) is 5.91 Å². The zero-order chi connectivity index (χ0) is 16.3. The molecule has 0 saturated carbocycles. The van der Waals surface area contributed by atoms with Crippen LogP contribution >= 0.6 is 0 Å². The Morgan fingerprint density at radius 3 is 2.78 bits per heavy atom. The van der Waals surface area contributed by atoms with Crippen molar-refractivity contribution in [2.45, 2.75) is 12.8 Å². The maximum atomic E-state index is 11.9. The van der Waals surface area contributed by atoms with Gasteiger partial charge in [-0.2, -0.15) is 0 Å². The van der Waals surface area contributed by atoms with Gasteiger partial charge in [0.2, 0.25) is 0 Å². The van der Waals surface area contributed by atoms with Crippen LogP contribution in [0.4, 0.5) is 5.82 Å². The van der Waals surface area contributed by atoms with Crippen LogP contribution in [0.1, 0.15) is 22.5 Å². The fraction of sp³-hybridized carbons (Fsp3) is 0.353. The minimum atomic E-state index is -0.225. The van der Waals surface area contributed by atoms with Gasteiger partial charge in [0.15, 0.2) is 0 Å². The molecule has 0 radical (unpaired) electrons. The number of aryl methyl sites for hydroxylation is 1. The summed E-state index contributed by atoms with van der Waals surface area (Å²) in [7, 11) is 1.59. The summed E-state index contributed by atoms with van der Waals surface area (Å²) in [6.07, 6.45) is 3.39. The summed E-state index contributed by atoms with van der Waals surface area (Å²) in [6, 6.07) is 12.0. The van der Waals surface area contributed by atoms with Crippen molar-refractivity contribution >= 4 is 11.7 Å². The lowest BCUT2D eigenvalue weighted by atomic mass is 10.1. The zero-order valence-corrected chi connectivity index (χ0v) is 13.3. The Morgan fingerprint density at radius 1 is 1.17 bits per heavy atom. The molecule has 6 nitrogen and oxygen atoms in total. The first kappa shape index (κ1) is 16.9. The Labute approximate surface area is 136 Å². The highest BCUT2D eigenvalue weighted by Crippen LogP contribution is 2.06. The number of hydrogen-bond acceptors (Lipinski definition) is 5. The number of benzene rings is 1. The van der Waals surface area contributed by atoms with Crippen molar-refractivity contribution < 1.29 is 9.53 Å². The van der Waals surface area contributed by atoms with E-state index in [9.17, 15) is 4.79 Å². The minimum absolute atomic E-state index is 0.225. The molecule has 1 heterocycles. The summed E-state index contributed by atoms with van der Waals surface area (Å²) in [6.45, 7) is 1.72. The smallest absolute Gasteiger partial charge is 0.270 e. The van der Waals surface area contributed by atoms with Crippen molar-refractivity contribution in [3.63, 3.8) is 0 Å². The molecule has 0 spiro atoms. The van der Waals surface area contributed by atoms with Gasteiger partial charge in [-0.3, -0.25) is 4.79 Å². The van der Waals surface area contributed by atoms with Gasteiger partial charge in [-0.1, -0.05) is 30.3 Å². The molecule has 6 heteroatoms. The van der Waals surface area contributed by atoms with E-state index < -0.39 is 0 Å². The van der Waals surface area contributed by atoms with E-state index in [1.54, 1.807) is 13.2 Å². The van der Waals surface area contributed by atoms with Crippen molar-refractivity contribution in [3.8, 4) is 0 Å². The molecule has 0 aliphatic carbocycles. The molecule has 0 bridgehead atoms. The van der Waals surface area contributed by atoms with E-state index in [1.807, 2.05) is 18.2 Å². The SMILES string of the molecule is COCCNC(=O)c1cc(NCCCc2ccccc2)ncn1. The van der Waals surface area contributed by atoms with Crippen molar-refractivity contribution in [1.29, 1.82) is 0 Å². The molecule has 23 heavy (non-hydrogen) atoms. The van der Waals surface area contributed by atoms with Gasteiger partial charge in [0.25, 0.3) is 5.91 Å². The van der Waals surface area contributed by atoms with Gasteiger partial charge in [0, 0.05) is 26.3 Å². The average Bonchev–Trinajstić information content (AvgIpc) is 2.60. The number of carbonyl (C=O) groups is 1. The van der Waals surface area contributed by atoms with Gasteiger partial charge < -0.3 is 15.4 Å². The predicted molar refractivity (Wildman–Crippen MR) is 89.5 cm³/mol. The molecular formula is C17H22N4O2. The number of ether oxygens (including phenoxy) is 1. The summed E-state index contributed by atoms with van der Waals surface area (Å²) in [5, 5.41) is 5.96. The Balaban J connectivity index is 1.77. The number of aromatic nitrogens is 2. The third-order valence-corrected chi connectivity index (χ3v) is 3.28. The Hall–Kier alpha value is -2.47. The first-order chi connectivity index (χ1) is 11.3. The fourth-order valence-electron chi connectivity index (χ4n) is 2.09. The van der Waals surface area contributed by atoms with Crippen molar-refractivity contribution in [2.24, 2.45) is 0 Å². The maximum Gasteiger partial charge on any atom is 0.270 e. The number of amides is 1. The number of carbonyl (C=O) groups excluding carboxylic acids is 1. The molecule has 1 aromatic carbocycles. The third kappa shape index (κ3) is 6.04. The molecule has 0 aliphatic heterocycles. The lowest BCUT2D eigenvalue weighted by Crippen LogP contribution is -2.27. The molecular weight excluding hydrogens is 292 g/mol. The van der Waals surface area contributed by atoms with Crippen LogP contribution in [0.5, 0.6) is 0 Å². The minimum Gasteiger partial charge on any atom is -0.383 e. The van der Waals surface area contributed by atoms with Crippen LogP contribution in [0.25, 0.3) is 0 Å². The number of nitrogens with one attached hydrogen (secondary N) is 2. The van der Waals surface area contributed by atoms with Gasteiger partial charge in [-0.15, -0.1) is 0 Å². The first-order valence-corrected chi connectivity index (χ1v) is 7.66. The number of nitrogens with zero attached hydrogens (tertiary/aromatic N) is 2. The predicted octanol–water partition coefficient (Wildman–Crippen LogP) is 1.90. The normalized spacial score (nSPS) is 10.3.